The zero-order chi connectivity index (χ0) is 9.84. The summed E-state index contributed by atoms with van der Waals surface area (Å²) in [5.41, 5.74) is 1.05. The van der Waals surface area contributed by atoms with Gasteiger partial charge in [0.2, 0.25) is 0 Å². The van der Waals surface area contributed by atoms with Crippen LogP contribution < -0.4 is 5.49 Å². The van der Waals surface area contributed by atoms with Gasteiger partial charge in [0.25, 0.3) is 0 Å². The molecule has 1 heterocycles. The maximum absolute atomic E-state index is 4.24. The number of hydrogen-bond acceptors (Lipinski definition) is 1. The summed E-state index contributed by atoms with van der Waals surface area (Å²) in [5, 5.41) is 0. The molecule has 2 nitrogen and oxygen atoms in total. The van der Waals surface area contributed by atoms with Gasteiger partial charge >= 0.3 is 0 Å². The van der Waals surface area contributed by atoms with E-state index in [0.29, 0.717) is 12.0 Å². The highest BCUT2D eigenvalue weighted by Crippen LogP contribution is 2.13. The van der Waals surface area contributed by atoms with Crippen molar-refractivity contribution < 1.29 is 0 Å². The molecule has 0 amide bonds. The van der Waals surface area contributed by atoms with Crippen LogP contribution in [0.5, 0.6) is 0 Å². The molecular formula is C11H18N2. The second-order valence-corrected chi connectivity index (χ2v) is 3.67. The van der Waals surface area contributed by atoms with E-state index in [4.69, 9.17) is 0 Å². The molecule has 0 saturated carbocycles. The van der Waals surface area contributed by atoms with Crippen LogP contribution in [0.25, 0.3) is 0 Å². The van der Waals surface area contributed by atoms with Crippen LogP contribution in [-0.4, -0.2) is 11.6 Å². The van der Waals surface area contributed by atoms with Crippen molar-refractivity contribution in [2.45, 2.75) is 26.8 Å². The van der Waals surface area contributed by atoms with E-state index in [0.717, 1.165) is 5.49 Å². The Morgan fingerprint density at radius 3 is 2.46 bits per heavy atom. The Kier molecular flexibility index (Phi) is 3.29. The topological polar surface area (TPSA) is 17.3 Å². The van der Waals surface area contributed by atoms with Gasteiger partial charge in [-0.05, 0) is 25.0 Å². The fraction of sp³-hybridized carbons (Fsp3) is 0.545. The Morgan fingerprint density at radius 2 is 1.92 bits per heavy atom. The molecule has 0 fully saturated rings. The minimum Gasteiger partial charge on any atom is -0.330 e. The SMILES string of the molecule is CN=c1ccccn1C(C)C(C)C. The number of pyridine rings is 1. The van der Waals surface area contributed by atoms with Gasteiger partial charge in [0.1, 0.15) is 5.49 Å². The van der Waals surface area contributed by atoms with Gasteiger partial charge in [-0.15, -0.1) is 0 Å². The standard InChI is InChI=1S/C11H18N2/c1-9(2)10(3)13-8-6-5-7-11(13)12-4/h5-10H,1-4H3. The van der Waals surface area contributed by atoms with Crippen molar-refractivity contribution >= 4 is 0 Å². The van der Waals surface area contributed by atoms with E-state index in [1.807, 2.05) is 25.2 Å². The molecule has 1 unspecified atom stereocenters. The first-order chi connectivity index (χ1) is 6.16. The smallest absolute Gasteiger partial charge is 0.127 e. The third-order valence-electron chi connectivity index (χ3n) is 2.50. The predicted octanol–water partition coefficient (Wildman–Crippen LogP) is 2.24. The van der Waals surface area contributed by atoms with Crippen molar-refractivity contribution in [2.24, 2.45) is 10.9 Å². The Hall–Kier alpha value is -1.05. The maximum Gasteiger partial charge on any atom is 0.127 e. The summed E-state index contributed by atoms with van der Waals surface area (Å²) in [5.74, 6) is 0.632. The van der Waals surface area contributed by atoms with E-state index in [9.17, 15) is 0 Å². The van der Waals surface area contributed by atoms with Crippen molar-refractivity contribution in [3.8, 4) is 0 Å². The molecular weight excluding hydrogens is 160 g/mol. The number of rotatable bonds is 2. The third-order valence-corrected chi connectivity index (χ3v) is 2.50. The normalized spacial score (nSPS) is 15.0. The summed E-state index contributed by atoms with van der Waals surface area (Å²) in [6.45, 7) is 6.67. The summed E-state index contributed by atoms with van der Waals surface area (Å²) in [4.78, 5) is 4.24. The van der Waals surface area contributed by atoms with Crippen LogP contribution >= 0.6 is 0 Å². The van der Waals surface area contributed by atoms with Crippen molar-refractivity contribution in [2.75, 3.05) is 7.05 Å². The van der Waals surface area contributed by atoms with Gasteiger partial charge in [-0.3, -0.25) is 4.99 Å². The second-order valence-electron chi connectivity index (χ2n) is 3.67. The number of nitrogens with zero attached hydrogens (tertiary/aromatic N) is 2. The molecule has 0 saturated heterocycles. The van der Waals surface area contributed by atoms with Gasteiger partial charge < -0.3 is 4.57 Å². The Labute approximate surface area is 79.9 Å². The molecule has 0 bridgehead atoms. The first-order valence-corrected chi connectivity index (χ1v) is 4.76. The van der Waals surface area contributed by atoms with Crippen LogP contribution in [0.4, 0.5) is 0 Å². The molecule has 72 valence electrons. The molecule has 0 aliphatic heterocycles. The molecule has 13 heavy (non-hydrogen) atoms. The van der Waals surface area contributed by atoms with Gasteiger partial charge in [-0.2, -0.15) is 0 Å². The lowest BCUT2D eigenvalue weighted by Gasteiger charge is -2.19. The predicted molar refractivity (Wildman–Crippen MR) is 55.5 cm³/mol. The van der Waals surface area contributed by atoms with E-state index in [2.05, 4.69) is 36.5 Å². The Bertz CT molecular complexity index is 323. The highest BCUT2D eigenvalue weighted by Gasteiger charge is 2.07. The van der Waals surface area contributed by atoms with Crippen molar-refractivity contribution in [1.82, 2.24) is 4.57 Å². The fourth-order valence-corrected chi connectivity index (χ4v) is 1.30. The summed E-state index contributed by atoms with van der Waals surface area (Å²) >= 11 is 0. The van der Waals surface area contributed by atoms with E-state index in [1.165, 1.54) is 0 Å². The fourth-order valence-electron chi connectivity index (χ4n) is 1.30. The molecule has 0 radical (unpaired) electrons. The molecule has 1 atom stereocenters. The molecule has 0 aliphatic rings. The van der Waals surface area contributed by atoms with Crippen molar-refractivity contribution in [1.29, 1.82) is 0 Å². The zero-order valence-corrected chi connectivity index (χ0v) is 8.86. The molecule has 0 spiro atoms. The number of hydrogen-bond donors (Lipinski definition) is 0. The van der Waals surface area contributed by atoms with E-state index >= 15 is 0 Å². The van der Waals surface area contributed by atoms with Gasteiger partial charge in [0, 0.05) is 19.3 Å². The van der Waals surface area contributed by atoms with Gasteiger partial charge in [0.15, 0.2) is 0 Å². The number of aromatic nitrogens is 1. The average molecular weight is 178 g/mol. The molecule has 0 N–H and O–H groups in total. The third kappa shape index (κ3) is 2.20. The highest BCUT2D eigenvalue weighted by atomic mass is 15.0. The summed E-state index contributed by atoms with van der Waals surface area (Å²) in [6, 6.07) is 6.61. The molecule has 1 aromatic rings. The highest BCUT2D eigenvalue weighted by molar-refractivity contribution is 4.94. The summed E-state index contributed by atoms with van der Waals surface area (Å²) in [6.07, 6.45) is 2.09. The summed E-state index contributed by atoms with van der Waals surface area (Å²) in [7, 11) is 1.83. The summed E-state index contributed by atoms with van der Waals surface area (Å²) < 4.78 is 2.21. The van der Waals surface area contributed by atoms with Gasteiger partial charge in [-0.25, -0.2) is 0 Å². The Balaban J connectivity index is 3.14. The maximum atomic E-state index is 4.24. The van der Waals surface area contributed by atoms with Gasteiger partial charge in [-0.1, -0.05) is 19.9 Å². The second kappa shape index (κ2) is 4.26. The van der Waals surface area contributed by atoms with Gasteiger partial charge in [0.05, 0.1) is 0 Å². The zero-order valence-electron chi connectivity index (χ0n) is 8.86. The largest absolute Gasteiger partial charge is 0.330 e. The van der Waals surface area contributed by atoms with Crippen LogP contribution in [0.15, 0.2) is 29.4 Å². The van der Waals surface area contributed by atoms with Crippen LogP contribution in [-0.2, 0) is 0 Å². The van der Waals surface area contributed by atoms with Crippen LogP contribution in [0.1, 0.15) is 26.8 Å². The van der Waals surface area contributed by atoms with E-state index in [-0.39, 0.29) is 0 Å². The van der Waals surface area contributed by atoms with Crippen LogP contribution in [0.3, 0.4) is 0 Å². The lowest BCUT2D eigenvalue weighted by molar-refractivity contribution is 0.395. The Morgan fingerprint density at radius 1 is 1.23 bits per heavy atom. The molecule has 2 heteroatoms. The van der Waals surface area contributed by atoms with E-state index < -0.39 is 0 Å². The first kappa shape index (κ1) is 10.0. The monoisotopic (exact) mass is 178 g/mol. The molecule has 1 rings (SSSR count). The minimum atomic E-state index is 0.500. The molecule has 1 aromatic heterocycles. The lowest BCUT2D eigenvalue weighted by Crippen LogP contribution is -2.25. The average Bonchev–Trinajstić information content (AvgIpc) is 2.16. The van der Waals surface area contributed by atoms with Crippen LogP contribution in [0.2, 0.25) is 0 Å². The quantitative estimate of drug-likeness (QED) is 0.661. The van der Waals surface area contributed by atoms with Crippen LogP contribution in [0, 0.1) is 5.92 Å². The molecule has 0 aromatic carbocycles. The van der Waals surface area contributed by atoms with E-state index in [1.54, 1.807) is 0 Å². The first-order valence-electron chi connectivity index (χ1n) is 4.76. The minimum absolute atomic E-state index is 0.500. The van der Waals surface area contributed by atoms with Crippen molar-refractivity contribution in [3.63, 3.8) is 0 Å². The molecule has 0 aliphatic carbocycles. The van der Waals surface area contributed by atoms with Crippen molar-refractivity contribution in [3.05, 3.63) is 29.9 Å². The lowest BCUT2D eigenvalue weighted by atomic mass is 10.1.